The highest BCUT2D eigenvalue weighted by molar-refractivity contribution is 5.57. The summed E-state index contributed by atoms with van der Waals surface area (Å²) < 4.78 is 19.0. The molecule has 17 heavy (non-hydrogen) atoms. The molecule has 0 bridgehead atoms. The van der Waals surface area contributed by atoms with Crippen LogP contribution in [0.3, 0.4) is 0 Å². The standard InChI is InChI=1S/C14H18FNO/c15-11-4-5-12-13(8-11)17-10-14(9-16-12)6-2-1-3-7-14/h4-5,8,16H,1-3,6-7,9-10H2. The van der Waals surface area contributed by atoms with Gasteiger partial charge in [0.1, 0.15) is 11.6 Å². The Morgan fingerprint density at radius 3 is 2.82 bits per heavy atom. The van der Waals surface area contributed by atoms with Gasteiger partial charge in [0, 0.05) is 18.0 Å². The Labute approximate surface area is 101 Å². The fraction of sp³-hybridized carbons (Fsp3) is 0.571. The summed E-state index contributed by atoms with van der Waals surface area (Å²) in [5.74, 6) is 0.428. The average Bonchev–Trinajstić information content (AvgIpc) is 2.52. The second-order valence-electron chi connectivity index (χ2n) is 5.34. The van der Waals surface area contributed by atoms with Crippen molar-refractivity contribution in [2.24, 2.45) is 5.41 Å². The molecule has 0 aromatic heterocycles. The summed E-state index contributed by atoms with van der Waals surface area (Å²) in [5, 5.41) is 3.42. The van der Waals surface area contributed by atoms with Crippen LogP contribution in [0.2, 0.25) is 0 Å². The van der Waals surface area contributed by atoms with Crippen LogP contribution in [0.4, 0.5) is 10.1 Å². The molecule has 1 heterocycles. The van der Waals surface area contributed by atoms with E-state index < -0.39 is 0 Å². The summed E-state index contributed by atoms with van der Waals surface area (Å²) in [5.41, 5.74) is 1.18. The summed E-state index contributed by atoms with van der Waals surface area (Å²) in [6.07, 6.45) is 6.35. The highest BCUT2D eigenvalue weighted by Crippen LogP contribution is 2.40. The van der Waals surface area contributed by atoms with Gasteiger partial charge in [0.2, 0.25) is 0 Å². The van der Waals surface area contributed by atoms with Crippen LogP contribution in [-0.4, -0.2) is 13.2 Å². The Bertz CT molecular complexity index is 413. The van der Waals surface area contributed by atoms with Crippen LogP contribution in [0.5, 0.6) is 5.75 Å². The molecule has 1 aromatic rings. The van der Waals surface area contributed by atoms with E-state index in [4.69, 9.17) is 4.74 Å². The Morgan fingerprint density at radius 1 is 1.18 bits per heavy atom. The molecular formula is C14H18FNO. The van der Waals surface area contributed by atoms with Gasteiger partial charge in [-0.2, -0.15) is 0 Å². The van der Waals surface area contributed by atoms with Crippen molar-refractivity contribution >= 4 is 5.69 Å². The molecular weight excluding hydrogens is 217 g/mol. The van der Waals surface area contributed by atoms with Crippen molar-refractivity contribution in [2.45, 2.75) is 32.1 Å². The maximum absolute atomic E-state index is 13.2. The van der Waals surface area contributed by atoms with Crippen LogP contribution < -0.4 is 10.1 Å². The van der Waals surface area contributed by atoms with Crippen LogP contribution in [0.1, 0.15) is 32.1 Å². The SMILES string of the molecule is Fc1ccc2c(c1)OCC1(CCCCC1)CN2. The van der Waals surface area contributed by atoms with Crippen molar-refractivity contribution in [3.05, 3.63) is 24.0 Å². The molecule has 3 heteroatoms. The zero-order valence-corrected chi connectivity index (χ0v) is 9.97. The molecule has 0 saturated heterocycles. The number of halogens is 1. The number of nitrogens with one attached hydrogen (secondary N) is 1. The van der Waals surface area contributed by atoms with Crippen LogP contribution in [-0.2, 0) is 0 Å². The van der Waals surface area contributed by atoms with Crippen molar-refractivity contribution in [1.29, 1.82) is 0 Å². The number of hydrogen-bond acceptors (Lipinski definition) is 2. The van der Waals surface area contributed by atoms with Crippen molar-refractivity contribution in [3.63, 3.8) is 0 Å². The first kappa shape index (κ1) is 10.9. The third-order valence-electron chi connectivity index (χ3n) is 4.05. The highest BCUT2D eigenvalue weighted by atomic mass is 19.1. The van der Waals surface area contributed by atoms with Gasteiger partial charge in [0.25, 0.3) is 0 Å². The number of rotatable bonds is 0. The Balaban J connectivity index is 1.82. The predicted molar refractivity (Wildman–Crippen MR) is 65.9 cm³/mol. The van der Waals surface area contributed by atoms with Gasteiger partial charge in [-0.25, -0.2) is 4.39 Å². The Kier molecular flexibility index (Phi) is 2.69. The second-order valence-corrected chi connectivity index (χ2v) is 5.34. The first-order valence-corrected chi connectivity index (χ1v) is 6.44. The zero-order chi connectivity index (χ0) is 11.7. The van der Waals surface area contributed by atoms with E-state index in [9.17, 15) is 4.39 Å². The molecule has 1 fully saturated rings. The van der Waals surface area contributed by atoms with E-state index in [1.54, 1.807) is 6.07 Å². The van der Waals surface area contributed by atoms with Gasteiger partial charge in [-0.3, -0.25) is 0 Å². The average molecular weight is 235 g/mol. The molecule has 1 saturated carbocycles. The minimum atomic E-state index is -0.231. The lowest BCUT2D eigenvalue weighted by molar-refractivity contribution is 0.115. The van der Waals surface area contributed by atoms with E-state index in [-0.39, 0.29) is 11.2 Å². The molecule has 1 aliphatic carbocycles. The third kappa shape index (κ3) is 2.11. The van der Waals surface area contributed by atoms with Gasteiger partial charge in [-0.1, -0.05) is 19.3 Å². The number of fused-ring (bicyclic) bond motifs is 1. The van der Waals surface area contributed by atoms with E-state index in [0.717, 1.165) is 18.8 Å². The van der Waals surface area contributed by atoms with Gasteiger partial charge in [0.15, 0.2) is 0 Å². The van der Waals surface area contributed by atoms with Gasteiger partial charge in [-0.15, -0.1) is 0 Å². The molecule has 3 rings (SSSR count). The van der Waals surface area contributed by atoms with Gasteiger partial charge in [-0.05, 0) is 25.0 Å². The van der Waals surface area contributed by atoms with E-state index in [0.29, 0.717) is 5.75 Å². The lowest BCUT2D eigenvalue weighted by atomic mass is 9.74. The van der Waals surface area contributed by atoms with Gasteiger partial charge < -0.3 is 10.1 Å². The van der Waals surface area contributed by atoms with Crippen LogP contribution >= 0.6 is 0 Å². The van der Waals surface area contributed by atoms with Crippen molar-refractivity contribution in [2.75, 3.05) is 18.5 Å². The molecule has 1 aliphatic heterocycles. The summed E-state index contributed by atoms with van der Waals surface area (Å²) in [4.78, 5) is 0. The fourth-order valence-corrected chi connectivity index (χ4v) is 2.95. The normalized spacial score (nSPS) is 22.2. The molecule has 1 spiro atoms. The molecule has 0 amide bonds. The second kappa shape index (κ2) is 4.21. The lowest BCUT2D eigenvalue weighted by Crippen LogP contribution is -2.36. The molecule has 0 unspecified atom stereocenters. The number of anilines is 1. The van der Waals surface area contributed by atoms with E-state index in [1.165, 1.54) is 44.2 Å². The lowest BCUT2D eigenvalue weighted by Gasteiger charge is -2.35. The molecule has 2 nitrogen and oxygen atoms in total. The molecule has 1 N–H and O–H groups in total. The minimum absolute atomic E-state index is 0.231. The number of benzene rings is 1. The van der Waals surface area contributed by atoms with E-state index in [1.807, 2.05) is 0 Å². The number of ether oxygens (including phenoxy) is 1. The van der Waals surface area contributed by atoms with E-state index >= 15 is 0 Å². The Morgan fingerprint density at radius 2 is 2.00 bits per heavy atom. The molecule has 0 atom stereocenters. The summed E-state index contributed by atoms with van der Waals surface area (Å²) in [6, 6.07) is 4.73. The third-order valence-corrected chi connectivity index (χ3v) is 4.05. The molecule has 0 radical (unpaired) electrons. The monoisotopic (exact) mass is 235 g/mol. The van der Waals surface area contributed by atoms with Crippen LogP contribution in [0, 0.1) is 11.2 Å². The fourth-order valence-electron chi connectivity index (χ4n) is 2.95. The topological polar surface area (TPSA) is 21.3 Å². The largest absolute Gasteiger partial charge is 0.491 e. The van der Waals surface area contributed by atoms with Gasteiger partial charge >= 0.3 is 0 Å². The quantitative estimate of drug-likeness (QED) is 0.742. The Hall–Kier alpha value is -1.25. The number of hydrogen-bond donors (Lipinski definition) is 1. The van der Waals surface area contributed by atoms with Crippen LogP contribution in [0.25, 0.3) is 0 Å². The van der Waals surface area contributed by atoms with Gasteiger partial charge in [0.05, 0.1) is 12.3 Å². The summed E-state index contributed by atoms with van der Waals surface area (Å²) >= 11 is 0. The van der Waals surface area contributed by atoms with Crippen molar-refractivity contribution in [3.8, 4) is 5.75 Å². The van der Waals surface area contributed by atoms with E-state index in [2.05, 4.69) is 5.32 Å². The highest BCUT2D eigenvalue weighted by Gasteiger charge is 2.34. The molecule has 2 aliphatic rings. The van der Waals surface area contributed by atoms with Crippen LogP contribution in [0.15, 0.2) is 18.2 Å². The zero-order valence-electron chi connectivity index (χ0n) is 9.97. The smallest absolute Gasteiger partial charge is 0.145 e. The molecule has 1 aromatic carbocycles. The summed E-state index contributed by atoms with van der Waals surface area (Å²) in [6.45, 7) is 1.67. The molecule has 92 valence electrons. The first-order valence-electron chi connectivity index (χ1n) is 6.44. The summed E-state index contributed by atoms with van der Waals surface area (Å²) in [7, 11) is 0. The van der Waals surface area contributed by atoms with Crippen molar-refractivity contribution < 1.29 is 9.13 Å². The predicted octanol–water partition coefficient (Wildman–Crippen LogP) is 3.58. The maximum atomic E-state index is 13.2. The van der Waals surface area contributed by atoms with Crippen molar-refractivity contribution in [1.82, 2.24) is 0 Å². The minimum Gasteiger partial charge on any atom is -0.491 e. The maximum Gasteiger partial charge on any atom is 0.145 e. The first-order chi connectivity index (χ1) is 8.27.